The van der Waals surface area contributed by atoms with Gasteiger partial charge in [-0.3, -0.25) is 0 Å². The molecule has 12 heavy (non-hydrogen) atoms. The molecule has 2 N–H and O–H groups in total. The summed E-state index contributed by atoms with van der Waals surface area (Å²) < 4.78 is 0. The van der Waals surface area contributed by atoms with E-state index >= 15 is 0 Å². The normalized spacial score (nSPS) is 10.3. The van der Waals surface area contributed by atoms with E-state index in [0.29, 0.717) is 20.9 Å². The first-order chi connectivity index (χ1) is 5.46. The fourth-order valence-electron chi connectivity index (χ4n) is 0.973. The zero-order chi connectivity index (χ0) is 9.46. The van der Waals surface area contributed by atoms with Crippen molar-refractivity contribution < 1.29 is 10.2 Å². The van der Waals surface area contributed by atoms with E-state index in [-0.39, 0.29) is 11.5 Å². The van der Waals surface area contributed by atoms with Crippen molar-refractivity contribution in [3.8, 4) is 11.5 Å². The molecular formula is C8H10O2S2. The molecule has 0 aliphatic rings. The number of phenolic OH excluding ortho intramolecular Hbond substituents is 2. The van der Waals surface area contributed by atoms with E-state index in [4.69, 9.17) is 0 Å². The molecule has 0 fully saturated rings. The van der Waals surface area contributed by atoms with Crippen LogP contribution in [0.4, 0.5) is 0 Å². The van der Waals surface area contributed by atoms with Gasteiger partial charge in [-0.15, -0.1) is 25.3 Å². The summed E-state index contributed by atoms with van der Waals surface area (Å²) in [5, 5.41) is 18.9. The Morgan fingerprint density at radius 2 is 1.33 bits per heavy atom. The number of hydrogen-bond donors (Lipinski definition) is 4. The van der Waals surface area contributed by atoms with Gasteiger partial charge in [0.05, 0.1) is 4.90 Å². The second-order valence-corrected chi connectivity index (χ2v) is 3.54. The lowest BCUT2D eigenvalue weighted by Gasteiger charge is -2.11. The Bertz CT molecular complexity index is 229. The van der Waals surface area contributed by atoms with Crippen molar-refractivity contribution >= 4 is 25.3 Å². The van der Waals surface area contributed by atoms with E-state index in [1.165, 1.54) is 0 Å². The van der Waals surface area contributed by atoms with Crippen LogP contribution in [0, 0.1) is 13.8 Å². The fraction of sp³-hybridized carbons (Fsp3) is 0.250. The van der Waals surface area contributed by atoms with Crippen LogP contribution in [0.15, 0.2) is 9.79 Å². The molecule has 1 aromatic rings. The summed E-state index contributed by atoms with van der Waals surface area (Å²) in [7, 11) is 0. The molecule has 2 nitrogen and oxygen atoms in total. The fourth-order valence-corrected chi connectivity index (χ4v) is 1.52. The first-order valence-corrected chi connectivity index (χ1v) is 4.29. The van der Waals surface area contributed by atoms with Gasteiger partial charge in [-0.1, -0.05) is 0 Å². The Morgan fingerprint density at radius 1 is 0.833 bits per heavy atom. The number of benzene rings is 1. The lowest BCUT2D eigenvalue weighted by Crippen LogP contribution is -1.86. The van der Waals surface area contributed by atoms with Crippen LogP contribution >= 0.6 is 25.3 Å². The molecule has 0 atom stereocenters. The maximum absolute atomic E-state index is 9.45. The standard InChI is InChI=1S/C8H10O2S2/c1-3-5(9)4(2)7(11)8(12)6(3)10/h9-12H,1-2H3. The van der Waals surface area contributed by atoms with E-state index in [1.54, 1.807) is 13.8 Å². The largest absolute Gasteiger partial charge is 0.507 e. The smallest absolute Gasteiger partial charge is 0.136 e. The summed E-state index contributed by atoms with van der Waals surface area (Å²) in [4.78, 5) is 0.921. The second kappa shape index (κ2) is 3.11. The highest BCUT2D eigenvalue weighted by atomic mass is 32.1. The highest BCUT2D eigenvalue weighted by molar-refractivity contribution is 7.83. The molecule has 0 spiro atoms. The average Bonchev–Trinajstić information content (AvgIpc) is 2.08. The maximum atomic E-state index is 9.45. The quantitative estimate of drug-likeness (QED) is 0.488. The van der Waals surface area contributed by atoms with Crippen molar-refractivity contribution in [2.75, 3.05) is 0 Å². The van der Waals surface area contributed by atoms with Crippen LogP contribution in [-0.2, 0) is 0 Å². The topological polar surface area (TPSA) is 40.5 Å². The molecule has 0 amide bonds. The van der Waals surface area contributed by atoms with E-state index in [0.717, 1.165) is 0 Å². The van der Waals surface area contributed by atoms with Crippen LogP contribution in [0.5, 0.6) is 11.5 Å². The predicted octanol–water partition coefficient (Wildman–Crippen LogP) is 2.29. The first kappa shape index (κ1) is 9.61. The molecule has 0 heterocycles. The highest BCUT2D eigenvalue weighted by Crippen LogP contribution is 2.40. The van der Waals surface area contributed by atoms with Crippen molar-refractivity contribution in [2.45, 2.75) is 23.6 Å². The Labute approximate surface area is 82.1 Å². The molecule has 4 heteroatoms. The van der Waals surface area contributed by atoms with Gasteiger partial charge in [0.1, 0.15) is 11.5 Å². The SMILES string of the molecule is Cc1c(O)c(C)c(S)c(S)c1O. The lowest BCUT2D eigenvalue weighted by atomic mass is 10.1. The Hall–Kier alpha value is -0.480. The molecule has 0 bridgehead atoms. The monoisotopic (exact) mass is 202 g/mol. The summed E-state index contributed by atoms with van der Waals surface area (Å²) in [5.74, 6) is 0.0710. The Morgan fingerprint density at radius 3 is 1.83 bits per heavy atom. The molecule has 0 saturated carbocycles. The second-order valence-electron chi connectivity index (χ2n) is 2.64. The van der Waals surface area contributed by atoms with Gasteiger partial charge < -0.3 is 10.2 Å². The minimum Gasteiger partial charge on any atom is -0.507 e. The Balaban J connectivity index is 3.60. The molecule has 1 rings (SSSR count). The maximum Gasteiger partial charge on any atom is 0.136 e. The number of thiol groups is 2. The van der Waals surface area contributed by atoms with Crippen LogP contribution in [0.25, 0.3) is 0 Å². The molecule has 1 aromatic carbocycles. The average molecular weight is 202 g/mol. The Kier molecular flexibility index (Phi) is 2.49. The molecular weight excluding hydrogens is 192 g/mol. The van der Waals surface area contributed by atoms with Gasteiger partial charge in [-0.05, 0) is 13.8 Å². The van der Waals surface area contributed by atoms with E-state index < -0.39 is 0 Å². The highest BCUT2D eigenvalue weighted by Gasteiger charge is 2.13. The summed E-state index contributed by atoms with van der Waals surface area (Å²) in [6.07, 6.45) is 0. The minimum absolute atomic E-state index is 0.00793. The molecule has 66 valence electrons. The third-order valence-electron chi connectivity index (χ3n) is 1.87. The third kappa shape index (κ3) is 1.25. The van der Waals surface area contributed by atoms with Gasteiger partial charge in [-0.2, -0.15) is 0 Å². The molecule has 0 unspecified atom stereocenters. The molecule has 0 aliphatic carbocycles. The molecule has 0 radical (unpaired) electrons. The summed E-state index contributed by atoms with van der Waals surface area (Å²) in [5.41, 5.74) is 1.08. The van der Waals surface area contributed by atoms with E-state index in [2.05, 4.69) is 25.3 Å². The van der Waals surface area contributed by atoms with Gasteiger partial charge in [-0.25, -0.2) is 0 Å². The number of phenols is 2. The van der Waals surface area contributed by atoms with Crippen molar-refractivity contribution in [2.24, 2.45) is 0 Å². The van der Waals surface area contributed by atoms with Gasteiger partial charge in [0.25, 0.3) is 0 Å². The molecule has 0 aromatic heterocycles. The molecule has 0 saturated heterocycles. The zero-order valence-corrected chi connectivity index (χ0v) is 8.58. The lowest BCUT2D eigenvalue weighted by molar-refractivity contribution is 0.427. The zero-order valence-electron chi connectivity index (χ0n) is 6.79. The van der Waals surface area contributed by atoms with Gasteiger partial charge >= 0.3 is 0 Å². The summed E-state index contributed by atoms with van der Waals surface area (Å²) in [6.45, 7) is 3.36. The number of hydrogen-bond acceptors (Lipinski definition) is 4. The van der Waals surface area contributed by atoms with Crippen LogP contribution in [0.3, 0.4) is 0 Å². The summed E-state index contributed by atoms with van der Waals surface area (Å²) >= 11 is 8.16. The number of aromatic hydroxyl groups is 2. The van der Waals surface area contributed by atoms with Crippen LogP contribution in [0.2, 0.25) is 0 Å². The van der Waals surface area contributed by atoms with Crippen LogP contribution in [0.1, 0.15) is 11.1 Å². The predicted molar refractivity (Wildman–Crippen MR) is 53.7 cm³/mol. The van der Waals surface area contributed by atoms with Gasteiger partial charge in [0.2, 0.25) is 0 Å². The van der Waals surface area contributed by atoms with Crippen molar-refractivity contribution in [1.29, 1.82) is 0 Å². The minimum atomic E-state index is -0.00793. The van der Waals surface area contributed by atoms with Crippen LogP contribution < -0.4 is 0 Å². The van der Waals surface area contributed by atoms with E-state index in [9.17, 15) is 10.2 Å². The van der Waals surface area contributed by atoms with Crippen molar-refractivity contribution in [3.63, 3.8) is 0 Å². The van der Waals surface area contributed by atoms with Crippen molar-refractivity contribution in [1.82, 2.24) is 0 Å². The van der Waals surface area contributed by atoms with Gasteiger partial charge in [0.15, 0.2) is 0 Å². The van der Waals surface area contributed by atoms with Crippen LogP contribution in [-0.4, -0.2) is 10.2 Å². The van der Waals surface area contributed by atoms with E-state index in [1.807, 2.05) is 0 Å². The van der Waals surface area contributed by atoms with Crippen molar-refractivity contribution in [3.05, 3.63) is 11.1 Å². The molecule has 0 aliphatic heterocycles. The summed E-state index contributed by atoms with van der Waals surface area (Å²) in [6, 6.07) is 0. The third-order valence-corrected chi connectivity index (χ3v) is 3.04. The first-order valence-electron chi connectivity index (χ1n) is 3.39. The van der Waals surface area contributed by atoms with Gasteiger partial charge in [0, 0.05) is 16.0 Å². The number of rotatable bonds is 0.